The molecule has 0 aliphatic heterocycles. The average molecular weight is 167 g/mol. The highest BCUT2D eigenvalue weighted by Crippen LogP contribution is 2.04. The molecule has 0 radical (unpaired) electrons. The van der Waals surface area contributed by atoms with E-state index in [1.165, 1.54) is 26.3 Å². The molecule has 4 heteroatoms. The van der Waals surface area contributed by atoms with Crippen molar-refractivity contribution in [3.8, 4) is 0 Å². The Hall–Kier alpha value is -1.58. The third-order valence-electron chi connectivity index (χ3n) is 1.49. The number of hydrogen-bond acceptors (Lipinski definition) is 3. The van der Waals surface area contributed by atoms with Crippen LogP contribution in [0.15, 0.2) is 12.3 Å². The molecule has 4 nitrogen and oxygen atoms in total. The second kappa shape index (κ2) is 3.21. The lowest BCUT2D eigenvalue weighted by molar-refractivity contribution is 0.0595. The molecule has 0 spiro atoms. The molecule has 0 atom stereocenters. The Balaban J connectivity index is 2.91. The van der Waals surface area contributed by atoms with E-state index in [0.717, 1.165) is 0 Å². The van der Waals surface area contributed by atoms with Gasteiger partial charge in [-0.15, -0.1) is 0 Å². The fraction of sp³-hybridized carbons (Fsp3) is 0.250. The van der Waals surface area contributed by atoms with Gasteiger partial charge in [0.2, 0.25) is 0 Å². The van der Waals surface area contributed by atoms with Crippen LogP contribution in [0.3, 0.4) is 0 Å². The topological polar surface area (TPSA) is 59.2 Å². The van der Waals surface area contributed by atoms with Gasteiger partial charge in [-0.25, -0.2) is 4.79 Å². The maximum atomic E-state index is 10.9. The fourth-order valence-electron chi connectivity index (χ4n) is 0.825. The molecule has 0 amide bonds. The summed E-state index contributed by atoms with van der Waals surface area (Å²) in [6.45, 7) is 1.43. The Morgan fingerprint density at radius 2 is 2.17 bits per heavy atom. The molecule has 12 heavy (non-hydrogen) atoms. The predicted octanol–water partition coefficient (Wildman–Crippen LogP) is 1.00. The van der Waals surface area contributed by atoms with Crippen molar-refractivity contribution in [1.29, 1.82) is 0 Å². The van der Waals surface area contributed by atoms with Crippen molar-refractivity contribution in [2.75, 3.05) is 7.11 Å². The van der Waals surface area contributed by atoms with E-state index in [-0.39, 0.29) is 5.78 Å². The summed E-state index contributed by atoms with van der Waals surface area (Å²) < 4.78 is 4.45. The highest BCUT2D eigenvalue weighted by Gasteiger charge is 2.09. The maximum absolute atomic E-state index is 10.9. The molecule has 1 heterocycles. The summed E-state index contributed by atoms with van der Waals surface area (Å²) in [6, 6.07) is 1.47. The molecule has 0 aliphatic rings. The molecule has 0 bridgehead atoms. The number of rotatable bonds is 2. The summed E-state index contributed by atoms with van der Waals surface area (Å²) >= 11 is 0. The Morgan fingerprint density at radius 1 is 1.50 bits per heavy atom. The number of ketones is 1. The Morgan fingerprint density at radius 3 is 2.58 bits per heavy atom. The number of methoxy groups -OCH3 is 1. The Kier molecular flexibility index (Phi) is 2.28. The van der Waals surface area contributed by atoms with Crippen LogP contribution in [0.5, 0.6) is 0 Å². The maximum Gasteiger partial charge on any atom is 0.354 e. The predicted molar refractivity (Wildman–Crippen MR) is 42.1 cm³/mol. The van der Waals surface area contributed by atoms with Crippen molar-refractivity contribution in [3.05, 3.63) is 23.5 Å². The van der Waals surface area contributed by atoms with E-state index in [1.807, 2.05) is 0 Å². The van der Waals surface area contributed by atoms with Crippen molar-refractivity contribution in [2.45, 2.75) is 6.92 Å². The van der Waals surface area contributed by atoms with Crippen LogP contribution in [0.4, 0.5) is 0 Å². The van der Waals surface area contributed by atoms with Gasteiger partial charge in [0.1, 0.15) is 5.69 Å². The smallest absolute Gasteiger partial charge is 0.354 e. The molecule has 1 aromatic rings. The molecule has 0 aliphatic carbocycles. The van der Waals surface area contributed by atoms with Gasteiger partial charge >= 0.3 is 5.97 Å². The summed E-state index contributed by atoms with van der Waals surface area (Å²) in [4.78, 5) is 24.3. The molecule has 64 valence electrons. The summed E-state index contributed by atoms with van der Waals surface area (Å²) in [5, 5.41) is 0. The number of carbonyl (C=O) groups is 2. The lowest BCUT2D eigenvalue weighted by atomic mass is 10.2. The molecule has 1 rings (SSSR count). The first kappa shape index (κ1) is 8.52. The number of aromatic amines is 1. The highest BCUT2D eigenvalue weighted by molar-refractivity contribution is 5.97. The van der Waals surface area contributed by atoms with Gasteiger partial charge in [0.05, 0.1) is 7.11 Å². The zero-order valence-electron chi connectivity index (χ0n) is 6.88. The van der Waals surface area contributed by atoms with Gasteiger partial charge in [0, 0.05) is 11.8 Å². The van der Waals surface area contributed by atoms with Crippen LogP contribution in [0.25, 0.3) is 0 Å². The van der Waals surface area contributed by atoms with Gasteiger partial charge in [0.15, 0.2) is 5.78 Å². The molecule has 0 saturated heterocycles. The van der Waals surface area contributed by atoms with Crippen molar-refractivity contribution >= 4 is 11.8 Å². The van der Waals surface area contributed by atoms with E-state index < -0.39 is 5.97 Å². The second-order valence-corrected chi connectivity index (χ2v) is 2.35. The number of aromatic nitrogens is 1. The van der Waals surface area contributed by atoms with E-state index in [9.17, 15) is 9.59 Å². The first-order valence-corrected chi connectivity index (χ1v) is 3.43. The van der Waals surface area contributed by atoms with E-state index in [4.69, 9.17) is 0 Å². The van der Waals surface area contributed by atoms with Crippen molar-refractivity contribution < 1.29 is 14.3 Å². The molecule has 0 unspecified atom stereocenters. The summed E-state index contributed by atoms with van der Waals surface area (Å²) in [5.74, 6) is -0.552. The van der Waals surface area contributed by atoms with Crippen LogP contribution < -0.4 is 0 Å². The minimum atomic E-state index is -0.470. The molecular weight excluding hydrogens is 158 g/mol. The number of H-pyrrole nitrogens is 1. The minimum Gasteiger partial charge on any atom is -0.464 e. The Labute approximate surface area is 69.5 Å². The van der Waals surface area contributed by atoms with E-state index in [1.54, 1.807) is 0 Å². The van der Waals surface area contributed by atoms with Gasteiger partial charge in [0.25, 0.3) is 0 Å². The molecule has 1 aromatic heterocycles. The van der Waals surface area contributed by atoms with Crippen LogP contribution in [-0.4, -0.2) is 23.8 Å². The van der Waals surface area contributed by atoms with Gasteiger partial charge in [-0.2, -0.15) is 0 Å². The van der Waals surface area contributed by atoms with Gasteiger partial charge in [-0.3, -0.25) is 4.79 Å². The van der Waals surface area contributed by atoms with Crippen LogP contribution in [0.1, 0.15) is 27.8 Å². The van der Waals surface area contributed by atoms with Crippen LogP contribution in [0.2, 0.25) is 0 Å². The van der Waals surface area contributed by atoms with Crippen molar-refractivity contribution in [1.82, 2.24) is 4.98 Å². The number of nitrogens with one attached hydrogen (secondary N) is 1. The highest BCUT2D eigenvalue weighted by atomic mass is 16.5. The van der Waals surface area contributed by atoms with E-state index in [0.29, 0.717) is 11.3 Å². The number of carbonyl (C=O) groups excluding carboxylic acids is 2. The van der Waals surface area contributed by atoms with Crippen molar-refractivity contribution in [2.24, 2.45) is 0 Å². The summed E-state index contributed by atoms with van der Waals surface area (Å²) in [6.07, 6.45) is 1.48. The summed E-state index contributed by atoms with van der Waals surface area (Å²) in [5.41, 5.74) is 0.776. The van der Waals surface area contributed by atoms with Crippen LogP contribution in [-0.2, 0) is 4.74 Å². The summed E-state index contributed by atoms with van der Waals surface area (Å²) in [7, 11) is 1.29. The first-order valence-electron chi connectivity index (χ1n) is 3.43. The van der Waals surface area contributed by atoms with E-state index in [2.05, 4.69) is 9.72 Å². The monoisotopic (exact) mass is 167 g/mol. The third-order valence-corrected chi connectivity index (χ3v) is 1.49. The van der Waals surface area contributed by atoms with Gasteiger partial charge < -0.3 is 9.72 Å². The van der Waals surface area contributed by atoms with Gasteiger partial charge in [-0.1, -0.05) is 0 Å². The second-order valence-electron chi connectivity index (χ2n) is 2.35. The lowest BCUT2D eigenvalue weighted by Gasteiger charge is -1.91. The van der Waals surface area contributed by atoms with E-state index >= 15 is 0 Å². The number of hydrogen-bond donors (Lipinski definition) is 1. The first-order chi connectivity index (χ1) is 5.65. The number of ether oxygens (including phenoxy) is 1. The van der Waals surface area contributed by atoms with Crippen LogP contribution >= 0.6 is 0 Å². The van der Waals surface area contributed by atoms with Gasteiger partial charge in [-0.05, 0) is 13.0 Å². The molecule has 0 fully saturated rings. The third kappa shape index (κ3) is 1.53. The minimum absolute atomic E-state index is 0.0820. The fourth-order valence-corrected chi connectivity index (χ4v) is 0.825. The molecule has 1 N–H and O–H groups in total. The number of Topliss-reactive ketones (excluding diaryl/α,β-unsaturated/α-hetero) is 1. The SMILES string of the molecule is COC(=O)c1cc(C(C)=O)c[nH]1. The van der Waals surface area contributed by atoms with Crippen molar-refractivity contribution in [3.63, 3.8) is 0 Å². The molecule has 0 aromatic carbocycles. The quantitative estimate of drug-likeness (QED) is 0.528. The largest absolute Gasteiger partial charge is 0.464 e. The number of esters is 1. The van der Waals surface area contributed by atoms with Crippen LogP contribution in [0, 0.1) is 0 Å². The Bertz CT molecular complexity index is 314. The zero-order chi connectivity index (χ0) is 9.14. The molecular formula is C8H9NO3. The molecule has 0 saturated carbocycles. The normalized spacial score (nSPS) is 9.50. The average Bonchev–Trinajstić information content (AvgIpc) is 2.51. The zero-order valence-corrected chi connectivity index (χ0v) is 6.88. The lowest BCUT2D eigenvalue weighted by Crippen LogP contribution is -2.00. The standard InChI is InChI=1S/C8H9NO3/c1-5(10)6-3-7(9-4-6)8(11)12-2/h3-4,9H,1-2H3.